The highest BCUT2D eigenvalue weighted by Gasteiger charge is 2.04. The van der Waals surface area contributed by atoms with Crippen molar-refractivity contribution in [2.45, 2.75) is 33.4 Å². The van der Waals surface area contributed by atoms with Gasteiger partial charge in [-0.2, -0.15) is 0 Å². The molecule has 0 radical (unpaired) electrons. The summed E-state index contributed by atoms with van der Waals surface area (Å²) in [6, 6.07) is 6.75. The van der Waals surface area contributed by atoms with Crippen LogP contribution in [0.4, 0.5) is 0 Å². The Kier molecular flexibility index (Phi) is 2.73. The third-order valence-electron chi connectivity index (χ3n) is 2.42. The van der Waals surface area contributed by atoms with E-state index in [2.05, 4.69) is 47.3 Å². The van der Waals surface area contributed by atoms with Gasteiger partial charge in [0.2, 0.25) is 0 Å². The number of benzene rings is 1. The van der Waals surface area contributed by atoms with Crippen LogP contribution in [0.3, 0.4) is 0 Å². The summed E-state index contributed by atoms with van der Waals surface area (Å²) in [4.78, 5) is 7.74. The van der Waals surface area contributed by atoms with E-state index in [9.17, 15) is 0 Å². The Bertz CT molecular complexity index is 457. The van der Waals surface area contributed by atoms with Gasteiger partial charge < -0.3 is 10.3 Å². The molecule has 0 aliphatic rings. The Morgan fingerprint density at radius 1 is 1.40 bits per heavy atom. The molecule has 0 aliphatic heterocycles. The first-order valence-electron chi connectivity index (χ1n) is 5.34. The number of fused-ring (bicyclic) bond motifs is 1. The van der Waals surface area contributed by atoms with E-state index in [4.69, 9.17) is 0 Å². The SMILES string of the molecule is Cc1nc2c(CNC(C)C)cccc2[nH]1. The number of aromatic amines is 1. The number of nitrogens with one attached hydrogen (secondary N) is 2. The van der Waals surface area contributed by atoms with Gasteiger partial charge in [-0.1, -0.05) is 26.0 Å². The van der Waals surface area contributed by atoms with Crippen LogP contribution in [-0.2, 0) is 6.54 Å². The normalized spacial score (nSPS) is 11.5. The first kappa shape index (κ1) is 10.2. The number of hydrogen-bond acceptors (Lipinski definition) is 2. The van der Waals surface area contributed by atoms with Crippen molar-refractivity contribution in [3.05, 3.63) is 29.6 Å². The minimum atomic E-state index is 0.500. The molecule has 3 heteroatoms. The molecule has 1 heterocycles. The summed E-state index contributed by atoms with van der Waals surface area (Å²) in [5.41, 5.74) is 3.46. The van der Waals surface area contributed by atoms with Crippen molar-refractivity contribution < 1.29 is 0 Å². The van der Waals surface area contributed by atoms with Gasteiger partial charge in [-0.15, -0.1) is 0 Å². The molecule has 2 rings (SSSR count). The fraction of sp³-hybridized carbons (Fsp3) is 0.417. The number of nitrogens with zero attached hydrogens (tertiary/aromatic N) is 1. The molecular weight excluding hydrogens is 186 g/mol. The largest absolute Gasteiger partial charge is 0.342 e. The van der Waals surface area contributed by atoms with E-state index in [1.54, 1.807) is 0 Å². The molecule has 80 valence electrons. The molecular formula is C12H17N3. The topological polar surface area (TPSA) is 40.7 Å². The first-order chi connectivity index (χ1) is 7.16. The molecule has 15 heavy (non-hydrogen) atoms. The van der Waals surface area contributed by atoms with Gasteiger partial charge in [-0.05, 0) is 18.6 Å². The van der Waals surface area contributed by atoms with Gasteiger partial charge in [-0.25, -0.2) is 4.98 Å². The van der Waals surface area contributed by atoms with Crippen molar-refractivity contribution in [3.8, 4) is 0 Å². The molecule has 0 amide bonds. The van der Waals surface area contributed by atoms with Crippen LogP contribution in [0.15, 0.2) is 18.2 Å². The highest BCUT2D eigenvalue weighted by Crippen LogP contribution is 2.16. The summed E-state index contributed by atoms with van der Waals surface area (Å²) < 4.78 is 0. The van der Waals surface area contributed by atoms with Crippen molar-refractivity contribution in [1.29, 1.82) is 0 Å². The second-order valence-electron chi connectivity index (χ2n) is 4.17. The summed E-state index contributed by atoms with van der Waals surface area (Å²) in [6.45, 7) is 7.16. The van der Waals surface area contributed by atoms with Gasteiger partial charge in [-0.3, -0.25) is 0 Å². The zero-order valence-electron chi connectivity index (χ0n) is 9.46. The van der Waals surface area contributed by atoms with Crippen LogP contribution in [0.1, 0.15) is 25.2 Å². The van der Waals surface area contributed by atoms with Crippen LogP contribution >= 0.6 is 0 Å². The summed E-state index contributed by atoms with van der Waals surface area (Å²) in [5, 5.41) is 3.41. The summed E-state index contributed by atoms with van der Waals surface area (Å²) in [5.74, 6) is 0.974. The molecule has 0 spiro atoms. The number of rotatable bonds is 3. The van der Waals surface area contributed by atoms with Crippen LogP contribution < -0.4 is 5.32 Å². The molecule has 0 saturated carbocycles. The number of aryl methyl sites for hydroxylation is 1. The monoisotopic (exact) mass is 203 g/mol. The van der Waals surface area contributed by atoms with Crippen molar-refractivity contribution in [1.82, 2.24) is 15.3 Å². The van der Waals surface area contributed by atoms with Crippen LogP contribution in [0.25, 0.3) is 11.0 Å². The molecule has 0 unspecified atom stereocenters. The summed E-state index contributed by atoms with van der Waals surface area (Å²) in [6.07, 6.45) is 0. The maximum atomic E-state index is 4.50. The minimum absolute atomic E-state index is 0.500. The number of imidazole rings is 1. The molecule has 3 nitrogen and oxygen atoms in total. The maximum Gasteiger partial charge on any atom is 0.104 e. The van der Waals surface area contributed by atoms with E-state index in [1.165, 1.54) is 5.56 Å². The molecule has 0 atom stereocenters. The van der Waals surface area contributed by atoms with Crippen LogP contribution in [0, 0.1) is 6.92 Å². The third kappa shape index (κ3) is 2.18. The molecule has 1 aromatic heterocycles. The lowest BCUT2D eigenvalue weighted by Gasteiger charge is -2.08. The molecule has 0 aliphatic carbocycles. The van der Waals surface area contributed by atoms with Crippen molar-refractivity contribution in [3.63, 3.8) is 0 Å². The number of para-hydroxylation sites is 1. The Hall–Kier alpha value is -1.35. The number of aromatic nitrogens is 2. The second kappa shape index (κ2) is 4.03. The van der Waals surface area contributed by atoms with Gasteiger partial charge in [0.05, 0.1) is 11.0 Å². The Balaban J connectivity index is 2.33. The van der Waals surface area contributed by atoms with Gasteiger partial charge in [0.25, 0.3) is 0 Å². The van der Waals surface area contributed by atoms with Crippen LogP contribution in [0.2, 0.25) is 0 Å². The van der Waals surface area contributed by atoms with Crippen LogP contribution in [0.5, 0.6) is 0 Å². The highest BCUT2D eigenvalue weighted by molar-refractivity contribution is 5.78. The highest BCUT2D eigenvalue weighted by atomic mass is 14.9. The molecule has 0 fully saturated rings. The predicted molar refractivity (Wildman–Crippen MR) is 62.8 cm³/mol. The Morgan fingerprint density at radius 3 is 2.93 bits per heavy atom. The van der Waals surface area contributed by atoms with Gasteiger partial charge in [0, 0.05) is 12.6 Å². The van der Waals surface area contributed by atoms with E-state index in [0.717, 1.165) is 23.4 Å². The van der Waals surface area contributed by atoms with E-state index >= 15 is 0 Å². The molecule has 2 aromatic rings. The Morgan fingerprint density at radius 2 is 2.20 bits per heavy atom. The fourth-order valence-electron chi connectivity index (χ4n) is 1.67. The lowest BCUT2D eigenvalue weighted by Crippen LogP contribution is -2.21. The average Bonchev–Trinajstić information content (AvgIpc) is 2.55. The molecule has 0 bridgehead atoms. The van der Waals surface area contributed by atoms with E-state index in [-0.39, 0.29) is 0 Å². The maximum absolute atomic E-state index is 4.50. The smallest absolute Gasteiger partial charge is 0.104 e. The fourth-order valence-corrected chi connectivity index (χ4v) is 1.67. The zero-order chi connectivity index (χ0) is 10.8. The molecule has 1 aromatic carbocycles. The van der Waals surface area contributed by atoms with Crippen LogP contribution in [-0.4, -0.2) is 16.0 Å². The van der Waals surface area contributed by atoms with Gasteiger partial charge in [0.1, 0.15) is 5.82 Å². The lowest BCUT2D eigenvalue weighted by molar-refractivity contribution is 0.590. The summed E-state index contributed by atoms with van der Waals surface area (Å²) in [7, 11) is 0. The first-order valence-corrected chi connectivity index (χ1v) is 5.34. The number of H-pyrrole nitrogens is 1. The Labute approximate surface area is 89.9 Å². The van der Waals surface area contributed by atoms with E-state index < -0.39 is 0 Å². The predicted octanol–water partition coefficient (Wildman–Crippen LogP) is 2.37. The van der Waals surface area contributed by atoms with E-state index in [0.29, 0.717) is 6.04 Å². The lowest BCUT2D eigenvalue weighted by atomic mass is 10.2. The van der Waals surface area contributed by atoms with Gasteiger partial charge >= 0.3 is 0 Å². The molecule has 2 N–H and O–H groups in total. The zero-order valence-corrected chi connectivity index (χ0v) is 9.46. The summed E-state index contributed by atoms with van der Waals surface area (Å²) >= 11 is 0. The average molecular weight is 203 g/mol. The van der Waals surface area contributed by atoms with E-state index in [1.807, 2.05) is 6.92 Å². The third-order valence-corrected chi connectivity index (χ3v) is 2.42. The number of hydrogen-bond donors (Lipinski definition) is 2. The quantitative estimate of drug-likeness (QED) is 0.804. The van der Waals surface area contributed by atoms with Crippen molar-refractivity contribution in [2.75, 3.05) is 0 Å². The van der Waals surface area contributed by atoms with Gasteiger partial charge in [0.15, 0.2) is 0 Å². The molecule has 0 saturated heterocycles. The standard InChI is InChI=1S/C12H17N3/c1-8(2)13-7-10-5-4-6-11-12(10)15-9(3)14-11/h4-6,8,13H,7H2,1-3H3,(H,14,15). The van der Waals surface area contributed by atoms with Crippen molar-refractivity contribution >= 4 is 11.0 Å². The van der Waals surface area contributed by atoms with Crippen molar-refractivity contribution in [2.24, 2.45) is 0 Å². The second-order valence-corrected chi connectivity index (χ2v) is 4.17. The minimum Gasteiger partial charge on any atom is -0.342 e.